The molecule has 1 aliphatic carbocycles. The van der Waals surface area contributed by atoms with Crippen LogP contribution >= 0.6 is 0 Å². The molecular formula is C25H35NO2. The maximum Gasteiger partial charge on any atom is 0.119 e. The summed E-state index contributed by atoms with van der Waals surface area (Å²) in [5.41, 5.74) is 2.35. The maximum atomic E-state index is 6.09. The zero-order chi connectivity index (χ0) is 19.6. The van der Waals surface area contributed by atoms with Gasteiger partial charge >= 0.3 is 0 Å². The van der Waals surface area contributed by atoms with Crippen molar-refractivity contribution in [1.29, 1.82) is 0 Å². The molecule has 1 saturated carbocycles. The standard InChI is InChI=1S/C25H35NO2/c1-3-23(28-25-13-9-20(2)10-14-25)19-26-22-11-15-24(16-12-22)27-18-17-21-7-5-4-6-8-21/h9-16,21,23,26H,3-8,17-19H2,1-2H3. The van der Waals surface area contributed by atoms with E-state index in [2.05, 4.69) is 55.6 Å². The topological polar surface area (TPSA) is 30.5 Å². The van der Waals surface area contributed by atoms with E-state index in [9.17, 15) is 0 Å². The van der Waals surface area contributed by atoms with Gasteiger partial charge in [-0.05, 0) is 62.1 Å². The fraction of sp³-hybridized carbons (Fsp3) is 0.520. The molecule has 0 bridgehead atoms. The summed E-state index contributed by atoms with van der Waals surface area (Å²) in [6.45, 7) is 5.86. The third-order valence-corrected chi connectivity index (χ3v) is 5.69. The fourth-order valence-electron chi connectivity index (χ4n) is 3.80. The number of rotatable bonds is 10. The number of hydrogen-bond acceptors (Lipinski definition) is 3. The SMILES string of the molecule is CCC(CNc1ccc(OCCC2CCCCC2)cc1)Oc1ccc(C)cc1. The van der Waals surface area contributed by atoms with Crippen LogP contribution in [-0.2, 0) is 0 Å². The second-order valence-electron chi connectivity index (χ2n) is 8.01. The predicted molar refractivity (Wildman–Crippen MR) is 118 cm³/mol. The van der Waals surface area contributed by atoms with E-state index in [0.29, 0.717) is 0 Å². The van der Waals surface area contributed by atoms with E-state index >= 15 is 0 Å². The first kappa shape index (κ1) is 20.6. The number of anilines is 1. The van der Waals surface area contributed by atoms with E-state index < -0.39 is 0 Å². The largest absolute Gasteiger partial charge is 0.494 e. The van der Waals surface area contributed by atoms with Gasteiger partial charge in [0.05, 0.1) is 13.2 Å². The third-order valence-electron chi connectivity index (χ3n) is 5.69. The van der Waals surface area contributed by atoms with Gasteiger partial charge < -0.3 is 14.8 Å². The third kappa shape index (κ3) is 6.78. The number of nitrogens with one attached hydrogen (secondary N) is 1. The normalized spacial score (nSPS) is 15.8. The first-order valence-corrected chi connectivity index (χ1v) is 10.9. The molecule has 1 N–H and O–H groups in total. The Morgan fingerprint density at radius 3 is 2.29 bits per heavy atom. The van der Waals surface area contributed by atoms with Gasteiger partial charge in [-0.2, -0.15) is 0 Å². The van der Waals surface area contributed by atoms with Crippen LogP contribution in [0.5, 0.6) is 11.5 Å². The van der Waals surface area contributed by atoms with Crippen molar-refractivity contribution in [1.82, 2.24) is 0 Å². The molecular weight excluding hydrogens is 346 g/mol. The summed E-state index contributed by atoms with van der Waals surface area (Å²) in [6.07, 6.45) is 9.28. The highest BCUT2D eigenvalue weighted by atomic mass is 16.5. The minimum atomic E-state index is 0.147. The van der Waals surface area contributed by atoms with E-state index in [1.54, 1.807) is 0 Å². The molecule has 28 heavy (non-hydrogen) atoms. The summed E-state index contributed by atoms with van der Waals surface area (Å²) >= 11 is 0. The van der Waals surface area contributed by atoms with Crippen LogP contribution in [-0.4, -0.2) is 19.3 Å². The zero-order valence-electron chi connectivity index (χ0n) is 17.5. The number of benzene rings is 2. The van der Waals surface area contributed by atoms with Crippen molar-refractivity contribution in [3.8, 4) is 11.5 Å². The molecule has 0 heterocycles. The second-order valence-corrected chi connectivity index (χ2v) is 8.01. The van der Waals surface area contributed by atoms with Crippen molar-refractivity contribution < 1.29 is 9.47 Å². The first-order chi connectivity index (χ1) is 13.7. The summed E-state index contributed by atoms with van der Waals surface area (Å²) in [5, 5.41) is 3.48. The van der Waals surface area contributed by atoms with Crippen LogP contribution in [0.3, 0.4) is 0 Å². The molecule has 1 fully saturated rings. The van der Waals surface area contributed by atoms with Gasteiger partial charge in [0.1, 0.15) is 17.6 Å². The van der Waals surface area contributed by atoms with Gasteiger partial charge in [-0.15, -0.1) is 0 Å². The highest BCUT2D eigenvalue weighted by Gasteiger charge is 2.13. The van der Waals surface area contributed by atoms with Crippen molar-refractivity contribution in [3.05, 3.63) is 54.1 Å². The lowest BCUT2D eigenvalue weighted by Crippen LogP contribution is -2.25. The molecule has 0 aromatic heterocycles. The molecule has 0 radical (unpaired) electrons. The summed E-state index contributed by atoms with van der Waals surface area (Å²) in [7, 11) is 0. The molecule has 1 atom stereocenters. The van der Waals surface area contributed by atoms with E-state index in [4.69, 9.17) is 9.47 Å². The molecule has 0 spiro atoms. The molecule has 2 aromatic rings. The predicted octanol–water partition coefficient (Wildman–Crippen LogP) is 6.61. The Morgan fingerprint density at radius 1 is 0.929 bits per heavy atom. The van der Waals surface area contributed by atoms with Gasteiger partial charge in [-0.3, -0.25) is 0 Å². The summed E-state index contributed by atoms with van der Waals surface area (Å²) in [4.78, 5) is 0. The van der Waals surface area contributed by atoms with E-state index in [1.165, 1.54) is 44.1 Å². The molecule has 3 rings (SSSR count). The minimum absolute atomic E-state index is 0.147. The lowest BCUT2D eigenvalue weighted by atomic mass is 9.87. The van der Waals surface area contributed by atoms with Crippen LogP contribution in [0.4, 0.5) is 5.69 Å². The maximum absolute atomic E-state index is 6.09. The van der Waals surface area contributed by atoms with Gasteiger partial charge in [0.25, 0.3) is 0 Å². The summed E-state index contributed by atoms with van der Waals surface area (Å²) < 4.78 is 12.0. The Kier molecular flexibility index (Phi) is 8.07. The van der Waals surface area contributed by atoms with Crippen LogP contribution in [0.15, 0.2) is 48.5 Å². The average Bonchev–Trinajstić information content (AvgIpc) is 2.74. The average molecular weight is 382 g/mol. The van der Waals surface area contributed by atoms with Gasteiger partial charge in [0.15, 0.2) is 0 Å². The van der Waals surface area contributed by atoms with Crippen molar-refractivity contribution in [2.24, 2.45) is 5.92 Å². The second kappa shape index (κ2) is 11.0. The van der Waals surface area contributed by atoms with Gasteiger partial charge in [-0.25, -0.2) is 0 Å². The number of aryl methyl sites for hydroxylation is 1. The molecule has 3 nitrogen and oxygen atoms in total. The summed E-state index contributed by atoms with van der Waals surface area (Å²) in [6, 6.07) is 16.6. The number of hydrogen-bond donors (Lipinski definition) is 1. The van der Waals surface area contributed by atoms with Crippen LogP contribution in [0.1, 0.15) is 57.4 Å². The van der Waals surface area contributed by atoms with E-state index in [0.717, 1.165) is 42.7 Å². The van der Waals surface area contributed by atoms with Crippen LogP contribution in [0, 0.1) is 12.8 Å². The molecule has 1 unspecified atom stereocenters. The van der Waals surface area contributed by atoms with Crippen molar-refractivity contribution in [3.63, 3.8) is 0 Å². The quantitative estimate of drug-likeness (QED) is 0.502. The highest BCUT2D eigenvalue weighted by Crippen LogP contribution is 2.26. The van der Waals surface area contributed by atoms with E-state index in [-0.39, 0.29) is 6.10 Å². The van der Waals surface area contributed by atoms with Crippen LogP contribution < -0.4 is 14.8 Å². The summed E-state index contributed by atoms with van der Waals surface area (Å²) in [5.74, 6) is 2.76. The van der Waals surface area contributed by atoms with Crippen molar-refractivity contribution in [2.45, 2.75) is 64.9 Å². The highest BCUT2D eigenvalue weighted by molar-refractivity contribution is 5.46. The fourth-order valence-corrected chi connectivity index (χ4v) is 3.80. The van der Waals surface area contributed by atoms with E-state index in [1.807, 2.05) is 12.1 Å². The Balaban J connectivity index is 1.39. The Hall–Kier alpha value is -2.16. The van der Waals surface area contributed by atoms with Gasteiger partial charge in [-0.1, -0.05) is 56.7 Å². The molecule has 0 amide bonds. The molecule has 3 heteroatoms. The molecule has 2 aromatic carbocycles. The monoisotopic (exact) mass is 381 g/mol. The van der Waals surface area contributed by atoms with Crippen LogP contribution in [0.2, 0.25) is 0 Å². The van der Waals surface area contributed by atoms with Crippen molar-refractivity contribution >= 4 is 5.69 Å². The zero-order valence-corrected chi connectivity index (χ0v) is 17.5. The Bertz CT molecular complexity index is 675. The number of ether oxygens (including phenoxy) is 2. The van der Waals surface area contributed by atoms with Crippen molar-refractivity contribution in [2.75, 3.05) is 18.5 Å². The minimum Gasteiger partial charge on any atom is -0.494 e. The lowest BCUT2D eigenvalue weighted by molar-refractivity contribution is 0.210. The van der Waals surface area contributed by atoms with Gasteiger partial charge in [0.2, 0.25) is 0 Å². The lowest BCUT2D eigenvalue weighted by Gasteiger charge is -2.21. The molecule has 0 aliphatic heterocycles. The Labute approximate surface area is 170 Å². The smallest absolute Gasteiger partial charge is 0.119 e. The van der Waals surface area contributed by atoms with Gasteiger partial charge in [0, 0.05) is 5.69 Å². The molecule has 152 valence electrons. The Morgan fingerprint density at radius 2 is 1.61 bits per heavy atom. The van der Waals surface area contributed by atoms with Crippen LogP contribution in [0.25, 0.3) is 0 Å². The molecule has 0 saturated heterocycles. The first-order valence-electron chi connectivity index (χ1n) is 10.9. The molecule has 1 aliphatic rings.